The number of hydrogen-bond acceptors (Lipinski definition) is 4. The molecule has 2 N–H and O–H groups in total. The molecule has 0 aromatic carbocycles. The molecule has 4 aliphatic rings. The molecule has 4 nitrogen and oxygen atoms in total. The van der Waals surface area contributed by atoms with Crippen molar-refractivity contribution in [2.45, 2.75) is 78.6 Å². The molecule has 4 fully saturated rings. The first-order valence-corrected chi connectivity index (χ1v) is 11.4. The Labute approximate surface area is 164 Å². The molecular weight excluding hydrogens is 336 g/mol. The molecule has 0 saturated heterocycles. The van der Waals surface area contributed by atoms with Crippen molar-refractivity contribution in [2.24, 2.45) is 51.3 Å². The summed E-state index contributed by atoms with van der Waals surface area (Å²) in [5.74, 6) is 4.03. The molecule has 27 heavy (non-hydrogen) atoms. The highest BCUT2D eigenvalue weighted by atomic mass is 16.6. The third-order valence-electron chi connectivity index (χ3n) is 9.32. The zero-order valence-corrected chi connectivity index (χ0v) is 17.5. The Bertz CT molecular complexity index is 617. The first-order chi connectivity index (χ1) is 13.0. The topological polar surface area (TPSA) is 64.7 Å². The zero-order valence-electron chi connectivity index (χ0n) is 17.5. The van der Waals surface area contributed by atoms with Crippen LogP contribution in [0.3, 0.4) is 0 Å². The molecule has 0 heterocycles. The minimum absolute atomic E-state index is 0.00807. The van der Waals surface area contributed by atoms with Crippen molar-refractivity contribution in [1.82, 2.24) is 0 Å². The molecule has 0 radical (unpaired) electrons. The molecule has 4 saturated carbocycles. The van der Waals surface area contributed by atoms with E-state index in [1.165, 1.54) is 31.4 Å². The summed E-state index contributed by atoms with van der Waals surface area (Å²) < 4.78 is 0. The second kappa shape index (κ2) is 7.17. The van der Waals surface area contributed by atoms with E-state index in [9.17, 15) is 4.79 Å². The Kier molecular flexibility index (Phi) is 5.15. The number of Topliss-reactive ketones (excluding diaryl/α,β-unsaturated/α-hetero) is 1. The van der Waals surface area contributed by atoms with Gasteiger partial charge in [0.15, 0.2) is 0 Å². The van der Waals surface area contributed by atoms with Gasteiger partial charge in [-0.3, -0.25) is 4.79 Å². The number of oxime groups is 1. The maximum absolute atomic E-state index is 12.6. The Morgan fingerprint density at radius 3 is 2.63 bits per heavy atom. The number of carbonyl (C=O) groups excluding carboxylic acids is 1. The molecule has 0 spiro atoms. The van der Waals surface area contributed by atoms with Gasteiger partial charge in [-0.15, -0.1) is 0 Å². The van der Waals surface area contributed by atoms with E-state index in [0.717, 1.165) is 49.9 Å². The van der Waals surface area contributed by atoms with Crippen molar-refractivity contribution < 1.29 is 9.63 Å². The van der Waals surface area contributed by atoms with E-state index < -0.39 is 0 Å². The van der Waals surface area contributed by atoms with Crippen molar-refractivity contribution in [3.8, 4) is 0 Å². The van der Waals surface area contributed by atoms with Gasteiger partial charge in [-0.2, -0.15) is 0 Å². The van der Waals surface area contributed by atoms with Crippen LogP contribution >= 0.6 is 0 Å². The molecular formula is C23H38N2O2. The number of fused-ring (bicyclic) bond motifs is 5. The first-order valence-electron chi connectivity index (χ1n) is 11.4. The smallest absolute Gasteiger partial charge is 0.139 e. The van der Waals surface area contributed by atoms with E-state index in [0.29, 0.717) is 36.2 Å². The number of hydrogen-bond donors (Lipinski definition) is 1. The van der Waals surface area contributed by atoms with Crippen molar-refractivity contribution >= 4 is 11.5 Å². The molecule has 0 aromatic heterocycles. The van der Waals surface area contributed by atoms with Crippen LogP contribution in [0.5, 0.6) is 0 Å². The van der Waals surface area contributed by atoms with E-state index >= 15 is 0 Å². The summed E-state index contributed by atoms with van der Waals surface area (Å²) in [7, 11) is 0. The van der Waals surface area contributed by atoms with Crippen molar-refractivity contribution in [2.75, 3.05) is 13.2 Å². The Hall–Kier alpha value is -0.900. The summed E-state index contributed by atoms with van der Waals surface area (Å²) in [6.07, 6.45) is 10.4. The van der Waals surface area contributed by atoms with Crippen LogP contribution in [0.4, 0.5) is 0 Å². The summed E-state index contributed by atoms with van der Waals surface area (Å²) in [6, 6.07) is 0. The van der Waals surface area contributed by atoms with E-state index in [1.807, 2.05) is 0 Å². The molecule has 152 valence electrons. The number of ketones is 1. The van der Waals surface area contributed by atoms with Crippen molar-refractivity contribution in [3.63, 3.8) is 0 Å². The third kappa shape index (κ3) is 2.89. The second-order valence-electron chi connectivity index (χ2n) is 10.2. The SMILES string of the molecule is CC[C@@H]1/C(=N\OCCN)CC[C@@]2(C)C1CC[C@@H]1[C@@H]2CC[C@]2(C)C(=O)CC[C@@H]12. The normalized spacial score (nSPS) is 48.1. The molecule has 1 unspecified atom stereocenters. The van der Waals surface area contributed by atoms with Crippen LogP contribution in [-0.4, -0.2) is 24.6 Å². The summed E-state index contributed by atoms with van der Waals surface area (Å²) in [5, 5.41) is 4.52. The van der Waals surface area contributed by atoms with Gasteiger partial charge in [0.25, 0.3) is 0 Å². The van der Waals surface area contributed by atoms with Gasteiger partial charge in [0.1, 0.15) is 12.4 Å². The van der Waals surface area contributed by atoms with Crippen LogP contribution in [0.25, 0.3) is 0 Å². The number of nitrogens with zero attached hydrogens (tertiary/aromatic N) is 1. The fraction of sp³-hybridized carbons (Fsp3) is 0.913. The van der Waals surface area contributed by atoms with E-state index in [4.69, 9.17) is 10.6 Å². The number of rotatable bonds is 4. The average molecular weight is 375 g/mol. The van der Waals surface area contributed by atoms with Crippen LogP contribution < -0.4 is 5.73 Å². The minimum Gasteiger partial charge on any atom is -0.394 e. The second-order valence-corrected chi connectivity index (χ2v) is 10.2. The maximum Gasteiger partial charge on any atom is 0.139 e. The lowest BCUT2D eigenvalue weighted by atomic mass is 9.43. The zero-order chi connectivity index (χ0) is 19.2. The monoisotopic (exact) mass is 374 g/mol. The lowest BCUT2D eigenvalue weighted by Gasteiger charge is -2.61. The molecule has 4 rings (SSSR count). The van der Waals surface area contributed by atoms with Gasteiger partial charge >= 0.3 is 0 Å². The van der Waals surface area contributed by atoms with Gasteiger partial charge < -0.3 is 10.6 Å². The van der Waals surface area contributed by atoms with Crippen molar-refractivity contribution in [3.05, 3.63) is 0 Å². The van der Waals surface area contributed by atoms with E-state index in [1.54, 1.807) is 0 Å². The highest BCUT2D eigenvalue weighted by molar-refractivity contribution is 5.88. The molecule has 0 bridgehead atoms. The average Bonchev–Trinajstić information content (AvgIpc) is 2.97. The van der Waals surface area contributed by atoms with Crippen LogP contribution in [0.15, 0.2) is 5.16 Å². The maximum atomic E-state index is 12.6. The fourth-order valence-electron chi connectivity index (χ4n) is 7.92. The molecule has 4 aliphatic carbocycles. The van der Waals surface area contributed by atoms with Crippen LogP contribution in [0.2, 0.25) is 0 Å². The van der Waals surface area contributed by atoms with Crippen LogP contribution in [-0.2, 0) is 9.63 Å². The molecule has 0 amide bonds. The first kappa shape index (κ1) is 19.4. The lowest BCUT2D eigenvalue weighted by molar-refractivity contribution is -0.138. The summed E-state index contributed by atoms with van der Waals surface area (Å²) in [5.41, 5.74) is 7.24. The molecule has 0 aromatic rings. The van der Waals surface area contributed by atoms with Crippen LogP contribution in [0, 0.1) is 40.4 Å². The van der Waals surface area contributed by atoms with E-state index in [2.05, 4.69) is 25.9 Å². The quantitative estimate of drug-likeness (QED) is 0.579. The highest BCUT2D eigenvalue weighted by Crippen LogP contribution is 2.66. The van der Waals surface area contributed by atoms with Crippen molar-refractivity contribution in [1.29, 1.82) is 0 Å². The standard InChI is InChI=1S/C23H38N2O2/c1-4-15-17-6-5-16-18-7-8-21(26)23(18,3)11-9-19(16)22(17,2)12-10-20(15)25-27-14-13-24/h15-19H,4-14,24H2,1-3H3/b25-20-/t15-,16-,17?,18-,19-,22-,23-/m0/s1. The predicted molar refractivity (Wildman–Crippen MR) is 108 cm³/mol. The number of nitrogens with two attached hydrogens (primary N) is 1. The largest absolute Gasteiger partial charge is 0.394 e. The van der Waals surface area contributed by atoms with Gasteiger partial charge in [-0.05, 0) is 80.5 Å². The lowest BCUT2D eigenvalue weighted by Crippen LogP contribution is -2.56. The highest BCUT2D eigenvalue weighted by Gasteiger charge is 2.61. The fourth-order valence-corrected chi connectivity index (χ4v) is 7.92. The van der Waals surface area contributed by atoms with Gasteiger partial charge in [-0.25, -0.2) is 0 Å². The summed E-state index contributed by atoms with van der Waals surface area (Å²) >= 11 is 0. The molecule has 0 aliphatic heterocycles. The number of carbonyl (C=O) groups is 1. The Balaban J connectivity index is 1.58. The Morgan fingerprint density at radius 2 is 1.89 bits per heavy atom. The van der Waals surface area contributed by atoms with Gasteiger partial charge in [0, 0.05) is 24.3 Å². The Morgan fingerprint density at radius 1 is 1.07 bits per heavy atom. The predicted octanol–water partition coefficient (Wildman–Crippen LogP) is 4.57. The van der Waals surface area contributed by atoms with Crippen LogP contribution in [0.1, 0.15) is 78.6 Å². The summed E-state index contributed by atoms with van der Waals surface area (Å²) in [4.78, 5) is 18.1. The van der Waals surface area contributed by atoms with Gasteiger partial charge in [0.05, 0.1) is 5.71 Å². The molecule has 7 atom stereocenters. The minimum atomic E-state index is -0.00807. The van der Waals surface area contributed by atoms with E-state index in [-0.39, 0.29) is 5.41 Å². The summed E-state index contributed by atoms with van der Waals surface area (Å²) in [6.45, 7) is 8.22. The third-order valence-corrected chi connectivity index (χ3v) is 9.32. The molecule has 4 heteroatoms. The van der Waals surface area contributed by atoms with Gasteiger partial charge in [0.2, 0.25) is 0 Å². The van der Waals surface area contributed by atoms with Gasteiger partial charge in [-0.1, -0.05) is 25.9 Å².